The van der Waals surface area contributed by atoms with Gasteiger partial charge in [0.25, 0.3) is 5.91 Å². The first-order chi connectivity index (χ1) is 14.5. The van der Waals surface area contributed by atoms with Gasteiger partial charge in [0.05, 0.1) is 6.42 Å². The summed E-state index contributed by atoms with van der Waals surface area (Å²) in [7, 11) is 0. The zero-order valence-electron chi connectivity index (χ0n) is 16.7. The van der Waals surface area contributed by atoms with E-state index in [1.54, 1.807) is 24.3 Å². The fourth-order valence-corrected chi connectivity index (χ4v) is 3.00. The molecule has 154 valence electrons. The number of ether oxygens (including phenoxy) is 1. The number of amides is 2. The summed E-state index contributed by atoms with van der Waals surface area (Å²) in [6.45, 7) is 2.40. The summed E-state index contributed by atoms with van der Waals surface area (Å²) in [6, 6.07) is 21.5. The zero-order valence-corrected chi connectivity index (χ0v) is 16.7. The lowest BCUT2D eigenvalue weighted by atomic mass is 10.0. The number of aryl methyl sites for hydroxylation is 1. The second-order valence-electron chi connectivity index (χ2n) is 6.80. The van der Waals surface area contributed by atoms with Crippen LogP contribution in [0.25, 0.3) is 0 Å². The highest BCUT2D eigenvalue weighted by Crippen LogP contribution is 2.20. The van der Waals surface area contributed by atoms with Gasteiger partial charge in [-0.3, -0.25) is 20.4 Å². The summed E-state index contributed by atoms with van der Waals surface area (Å²) in [5.74, 6) is -0.00722. The molecule has 0 aliphatic heterocycles. The van der Waals surface area contributed by atoms with E-state index in [-0.39, 0.29) is 18.1 Å². The molecule has 0 fully saturated rings. The lowest BCUT2D eigenvalue weighted by Crippen LogP contribution is -2.42. The van der Waals surface area contributed by atoms with E-state index >= 15 is 0 Å². The molecule has 0 spiro atoms. The molecule has 3 aromatic carbocycles. The van der Waals surface area contributed by atoms with Crippen molar-refractivity contribution in [2.75, 3.05) is 0 Å². The average Bonchev–Trinajstić information content (AvgIpc) is 2.76. The minimum Gasteiger partial charge on any atom is -0.508 e. The second kappa shape index (κ2) is 10.1. The third-order valence-corrected chi connectivity index (χ3v) is 4.54. The van der Waals surface area contributed by atoms with Gasteiger partial charge in [-0.1, -0.05) is 49.4 Å². The van der Waals surface area contributed by atoms with Crippen LogP contribution in [0.5, 0.6) is 11.5 Å². The highest BCUT2D eigenvalue weighted by Gasteiger charge is 2.13. The van der Waals surface area contributed by atoms with Gasteiger partial charge in [0.2, 0.25) is 5.91 Å². The van der Waals surface area contributed by atoms with Crippen LogP contribution in [-0.4, -0.2) is 16.9 Å². The minimum atomic E-state index is -0.397. The highest BCUT2D eigenvalue weighted by molar-refractivity contribution is 5.97. The summed E-state index contributed by atoms with van der Waals surface area (Å²) in [6.07, 6.45) is 0.685. The minimum absolute atomic E-state index is 0.0432. The molecule has 2 amide bonds. The number of hydrazine groups is 1. The SMILES string of the molecule is CCc1cc(OCc2ccccc2)ccc1C(=O)NNC(=O)Cc1cccc(O)c1. The Kier molecular flexibility index (Phi) is 7.05. The van der Waals surface area contributed by atoms with Crippen molar-refractivity contribution in [3.05, 3.63) is 95.1 Å². The zero-order chi connectivity index (χ0) is 21.3. The number of rotatable bonds is 7. The molecule has 3 aromatic rings. The van der Waals surface area contributed by atoms with Gasteiger partial charge in [-0.25, -0.2) is 0 Å². The summed E-state index contributed by atoms with van der Waals surface area (Å²) < 4.78 is 5.82. The van der Waals surface area contributed by atoms with Gasteiger partial charge in [-0.2, -0.15) is 0 Å². The van der Waals surface area contributed by atoms with Crippen molar-refractivity contribution in [3.63, 3.8) is 0 Å². The Morgan fingerprint density at radius 1 is 0.900 bits per heavy atom. The number of aromatic hydroxyl groups is 1. The maximum atomic E-state index is 12.5. The van der Waals surface area contributed by atoms with Gasteiger partial charge in [0, 0.05) is 5.56 Å². The van der Waals surface area contributed by atoms with Gasteiger partial charge < -0.3 is 9.84 Å². The number of hydrogen-bond acceptors (Lipinski definition) is 4. The first-order valence-corrected chi connectivity index (χ1v) is 9.72. The molecule has 0 atom stereocenters. The number of phenols is 1. The van der Waals surface area contributed by atoms with Crippen molar-refractivity contribution in [1.82, 2.24) is 10.9 Å². The van der Waals surface area contributed by atoms with E-state index < -0.39 is 5.91 Å². The largest absolute Gasteiger partial charge is 0.508 e. The van der Waals surface area contributed by atoms with Crippen LogP contribution < -0.4 is 15.6 Å². The lowest BCUT2D eigenvalue weighted by molar-refractivity contribution is -0.121. The first kappa shape index (κ1) is 20.9. The van der Waals surface area contributed by atoms with Crippen LogP contribution in [0.15, 0.2) is 72.8 Å². The smallest absolute Gasteiger partial charge is 0.269 e. The van der Waals surface area contributed by atoms with Gasteiger partial charge in [0.1, 0.15) is 18.1 Å². The standard InChI is InChI=1S/C24H24N2O4/c1-2-19-15-21(30-16-17-7-4-3-5-8-17)11-12-22(19)24(29)26-25-23(28)14-18-9-6-10-20(27)13-18/h3-13,15,27H,2,14,16H2,1H3,(H,25,28)(H,26,29). The van der Waals surface area contributed by atoms with E-state index in [9.17, 15) is 14.7 Å². The molecule has 0 radical (unpaired) electrons. The van der Waals surface area contributed by atoms with E-state index in [1.165, 1.54) is 12.1 Å². The molecule has 0 saturated carbocycles. The summed E-state index contributed by atoms with van der Waals surface area (Å²) >= 11 is 0. The molecule has 30 heavy (non-hydrogen) atoms. The van der Waals surface area contributed by atoms with Gasteiger partial charge in [-0.05, 0) is 53.4 Å². The molecule has 6 heteroatoms. The average molecular weight is 404 g/mol. The van der Waals surface area contributed by atoms with Crippen molar-refractivity contribution >= 4 is 11.8 Å². The number of nitrogens with one attached hydrogen (secondary N) is 2. The number of carbonyl (C=O) groups is 2. The first-order valence-electron chi connectivity index (χ1n) is 9.72. The molecule has 6 nitrogen and oxygen atoms in total. The highest BCUT2D eigenvalue weighted by atomic mass is 16.5. The Morgan fingerprint density at radius 3 is 2.40 bits per heavy atom. The Bertz CT molecular complexity index is 1020. The van der Waals surface area contributed by atoms with Gasteiger partial charge in [-0.15, -0.1) is 0 Å². The van der Waals surface area contributed by atoms with E-state index in [0.29, 0.717) is 29.9 Å². The lowest BCUT2D eigenvalue weighted by Gasteiger charge is -2.13. The third-order valence-electron chi connectivity index (χ3n) is 4.54. The Hall–Kier alpha value is -3.80. The molecule has 0 bridgehead atoms. The number of carbonyl (C=O) groups excluding carboxylic acids is 2. The molecular weight excluding hydrogens is 380 g/mol. The molecule has 0 aromatic heterocycles. The summed E-state index contributed by atoms with van der Waals surface area (Å²) in [5, 5.41) is 9.46. The number of hydrogen-bond donors (Lipinski definition) is 3. The van der Waals surface area contributed by atoms with Crippen molar-refractivity contribution < 1.29 is 19.4 Å². The topological polar surface area (TPSA) is 87.7 Å². The van der Waals surface area contributed by atoms with Crippen LogP contribution >= 0.6 is 0 Å². The second-order valence-corrected chi connectivity index (χ2v) is 6.80. The molecule has 0 unspecified atom stereocenters. The predicted molar refractivity (Wildman–Crippen MR) is 114 cm³/mol. The Labute approximate surface area is 175 Å². The molecule has 0 heterocycles. The van der Waals surface area contributed by atoms with Crippen LogP contribution in [0, 0.1) is 0 Å². The van der Waals surface area contributed by atoms with Crippen molar-refractivity contribution in [3.8, 4) is 11.5 Å². The maximum Gasteiger partial charge on any atom is 0.269 e. The van der Waals surface area contributed by atoms with Crippen LogP contribution in [0.3, 0.4) is 0 Å². The molecular formula is C24H24N2O4. The van der Waals surface area contributed by atoms with E-state index in [2.05, 4.69) is 10.9 Å². The van der Waals surface area contributed by atoms with Crippen molar-refractivity contribution in [2.24, 2.45) is 0 Å². The normalized spacial score (nSPS) is 10.3. The Morgan fingerprint density at radius 2 is 1.67 bits per heavy atom. The van der Waals surface area contributed by atoms with E-state index in [1.807, 2.05) is 43.3 Å². The summed E-state index contributed by atoms with van der Waals surface area (Å²) in [5.41, 5.74) is 7.86. The Balaban J connectivity index is 1.57. The van der Waals surface area contributed by atoms with Crippen LogP contribution in [0.2, 0.25) is 0 Å². The van der Waals surface area contributed by atoms with Crippen LogP contribution in [0.4, 0.5) is 0 Å². The third kappa shape index (κ3) is 5.85. The van der Waals surface area contributed by atoms with Crippen LogP contribution in [-0.2, 0) is 24.2 Å². The molecule has 3 N–H and O–H groups in total. The van der Waals surface area contributed by atoms with E-state index in [0.717, 1.165) is 11.1 Å². The fraction of sp³-hybridized carbons (Fsp3) is 0.167. The molecule has 0 aliphatic rings. The molecule has 3 rings (SSSR count). The maximum absolute atomic E-state index is 12.5. The van der Waals surface area contributed by atoms with Crippen molar-refractivity contribution in [1.29, 1.82) is 0 Å². The van der Waals surface area contributed by atoms with Crippen molar-refractivity contribution in [2.45, 2.75) is 26.4 Å². The predicted octanol–water partition coefficient (Wildman–Crippen LogP) is 3.54. The van der Waals surface area contributed by atoms with Gasteiger partial charge in [0.15, 0.2) is 0 Å². The molecule has 0 aliphatic carbocycles. The number of phenolic OH excluding ortho intramolecular Hbond substituents is 1. The number of benzene rings is 3. The molecule has 0 saturated heterocycles. The monoisotopic (exact) mass is 404 g/mol. The quantitative estimate of drug-likeness (QED) is 0.526. The van der Waals surface area contributed by atoms with Crippen LogP contribution in [0.1, 0.15) is 34.0 Å². The van der Waals surface area contributed by atoms with Gasteiger partial charge >= 0.3 is 0 Å². The van der Waals surface area contributed by atoms with E-state index in [4.69, 9.17) is 4.74 Å². The summed E-state index contributed by atoms with van der Waals surface area (Å²) in [4.78, 5) is 24.6. The fourth-order valence-electron chi connectivity index (χ4n) is 3.00.